The number of ether oxygens (including phenoxy) is 1. The zero-order valence-electron chi connectivity index (χ0n) is 15.4. The van der Waals surface area contributed by atoms with Gasteiger partial charge < -0.3 is 9.26 Å². The Kier molecular flexibility index (Phi) is 6.73. The zero-order valence-corrected chi connectivity index (χ0v) is 15.4. The molecule has 0 saturated carbocycles. The van der Waals surface area contributed by atoms with Crippen molar-refractivity contribution in [3.05, 3.63) is 47.7 Å². The Balaban J connectivity index is 1.95. The van der Waals surface area contributed by atoms with Gasteiger partial charge in [0.25, 0.3) is 0 Å². The number of rotatable bonds is 8. The van der Waals surface area contributed by atoms with Gasteiger partial charge in [-0.25, -0.2) is 0 Å². The van der Waals surface area contributed by atoms with Crippen LogP contribution in [-0.2, 0) is 21.5 Å². The van der Waals surface area contributed by atoms with Gasteiger partial charge in [-0.15, -0.1) is 0 Å². The highest BCUT2D eigenvalue weighted by molar-refractivity contribution is 5.91. The number of amides is 1. The van der Waals surface area contributed by atoms with Crippen LogP contribution in [0.2, 0.25) is 0 Å². The van der Waals surface area contributed by atoms with E-state index in [1.807, 2.05) is 56.0 Å². The van der Waals surface area contributed by atoms with Crippen LogP contribution in [-0.4, -0.2) is 42.8 Å². The van der Waals surface area contributed by atoms with Gasteiger partial charge in [0.1, 0.15) is 0 Å². The van der Waals surface area contributed by atoms with Crippen molar-refractivity contribution in [2.45, 2.75) is 32.7 Å². The molecule has 0 fully saturated rings. The Morgan fingerprint density at radius 2 is 2.00 bits per heavy atom. The standard InChI is InChI=1S/C19H27N3O3/c1-19(2,3)16-12-18(25-21-16)20-17(23)14-22(10-11-24-4)13-15-8-6-5-7-9-15/h5-9,12H,10-11,13-14H2,1-4H3,(H,20,23). The van der Waals surface area contributed by atoms with Crippen LogP contribution in [0.25, 0.3) is 0 Å². The molecule has 0 saturated heterocycles. The zero-order chi connectivity index (χ0) is 18.3. The van der Waals surface area contributed by atoms with Crippen LogP contribution >= 0.6 is 0 Å². The second kappa shape index (κ2) is 8.78. The molecule has 6 nitrogen and oxygen atoms in total. The molecule has 1 aromatic heterocycles. The summed E-state index contributed by atoms with van der Waals surface area (Å²) in [4.78, 5) is 14.4. The molecule has 1 aromatic carbocycles. The maximum atomic E-state index is 12.4. The van der Waals surface area contributed by atoms with Crippen LogP contribution in [0.3, 0.4) is 0 Å². The van der Waals surface area contributed by atoms with Crippen molar-refractivity contribution in [3.8, 4) is 0 Å². The Bertz CT molecular complexity index is 662. The maximum Gasteiger partial charge on any atom is 0.240 e. The van der Waals surface area contributed by atoms with Gasteiger partial charge in [-0.05, 0) is 5.56 Å². The summed E-state index contributed by atoms with van der Waals surface area (Å²) in [5, 5.41) is 6.79. The predicted molar refractivity (Wildman–Crippen MR) is 97.4 cm³/mol. The summed E-state index contributed by atoms with van der Waals surface area (Å²) in [6, 6.07) is 11.8. The highest BCUT2D eigenvalue weighted by Crippen LogP contribution is 2.23. The van der Waals surface area contributed by atoms with E-state index in [0.717, 1.165) is 11.3 Å². The van der Waals surface area contributed by atoms with E-state index in [1.165, 1.54) is 0 Å². The number of hydrogen-bond donors (Lipinski definition) is 1. The summed E-state index contributed by atoms with van der Waals surface area (Å²) in [5.41, 5.74) is 1.84. The van der Waals surface area contributed by atoms with E-state index in [0.29, 0.717) is 25.6 Å². The van der Waals surface area contributed by atoms with E-state index in [4.69, 9.17) is 9.26 Å². The van der Waals surface area contributed by atoms with E-state index < -0.39 is 0 Å². The van der Waals surface area contributed by atoms with Gasteiger partial charge in [0.2, 0.25) is 11.8 Å². The lowest BCUT2D eigenvalue weighted by Crippen LogP contribution is -2.35. The monoisotopic (exact) mass is 345 g/mol. The number of carbonyl (C=O) groups is 1. The second-order valence-corrected chi connectivity index (χ2v) is 7.06. The van der Waals surface area contributed by atoms with Crippen LogP contribution in [0.4, 0.5) is 5.88 Å². The van der Waals surface area contributed by atoms with Crippen LogP contribution in [0.1, 0.15) is 32.0 Å². The summed E-state index contributed by atoms with van der Waals surface area (Å²) in [6.45, 7) is 8.30. The summed E-state index contributed by atoms with van der Waals surface area (Å²) in [5.74, 6) is 0.241. The minimum Gasteiger partial charge on any atom is -0.383 e. The van der Waals surface area contributed by atoms with Crippen LogP contribution in [0.15, 0.2) is 40.9 Å². The Morgan fingerprint density at radius 3 is 2.60 bits per heavy atom. The van der Waals surface area contributed by atoms with Crippen molar-refractivity contribution < 1.29 is 14.1 Å². The molecule has 0 unspecified atom stereocenters. The van der Waals surface area contributed by atoms with Crippen molar-refractivity contribution in [3.63, 3.8) is 0 Å². The quantitative estimate of drug-likeness (QED) is 0.796. The topological polar surface area (TPSA) is 67.6 Å². The fourth-order valence-electron chi connectivity index (χ4n) is 2.34. The van der Waals surface area contributed by atoms with Gasteiger partial charge in [0.15, 0.2) is 0 Å². The fraction of sp³-hybridized carbons (Fsp3) is 0.474. The first kappa shape index (κ1) is 19.1. The lowest BCUT2D eigenvalue weighted by Gasteiger charge is -2.21. The number of aromatic nitrogens is 1. The van der Waals surface area contributed by atoms with E-state index in [9.17, 15) is 4.79 Å². The molecule has 25 heavy (non-hydrogen) atoms. The van der Waals surface area contributed by atoms with Crippen LogP contribution < -0.4 is 5.32 Å². The molecule has 0 atom stereocenters. The molecule has 0 spiro atoms. The molecule has 0 aliphatic rings. The van der Waals surface area contributed by atoms with Gasteiger partial charge >= 0.3 is 0 Å². The normalized spacial score (nSPS) is 11.7. The number of nitrogens with one attached hydrogen (secondary N) is 1. The number of hydrogen-bond acceptors (Lipinski definition) is 5. The number of benzene rings is 1. The van der Waals surface area contributed by atoms with Crippen molar-refractivity contribution in [2.75, 3.05) is 32.1 Å². The van der Waals surface area contributed by atoms with E-state index in [-0.39, 0.29) is 17.9 Å². The predicted octanol–water partition coefficient (Wildman–Crippen LogP) is 3.06. The minimum absolute atomic E-state index is 0.121. The largest absolute Gasteiger partial charge is 0.383 e. The highest BCUT2D eigenvalue weighted by atomic mass is 16.5. The van der Waals surface area contributed by atoms with Crippen molar-refractivity contribution in [2.24, 2.45) is 0 Å². The van der Waals surface area contributed by atoms with Gasteiger partial charge in [0, 0.05) is 31.7 Å². The minimum atomic E-state index is -0.136. The number of anilines is 1. The number of nitrogens with zero attached hydrogens (tertiary/aromatic N) is 2. The van der Waals surface area contributed by atoms with Crippen LogP contribution in [0, 0.1) is 0 Å². The van der Waals surface area contributed by atoms with E-state index in [1.54, 1.807) is 13.2 Å². The van der Waals surface area contributed by atoms with Crippen molar-refractivity contribution in [1.29, 1.82) is 0 Å². The molecular formula is C19H27N3O3. The number of carbonyl (C=O) groups excluding carboxylic acids is 1. The van der Waals surface area contributed by atoms with Gasteiger partial charge in [0.05, 0.1) is 18.8 Å². The first-order valence-electron chi connectivity index (χ1n) is 8.41. The van der Waals surface area contributed by atoms with Crippen molar-refractivity contribution >= 4 is 11.8 Å². The molecule has 0 radical (unpaired) electrons. The average Bonchev–Trinajstić information content (AvgIpc) is 3.02. The lowest BCUT2D eigenvalue weighted by atomic mass is 9.92. The summed E-state index contributed by atoms with van der Waals surface area (Å²) >= 11 is 0. The lowest BCUT2D eigenvalue weighted by molar-refractivity contribution is -0.117. The average molecular weight is 345 g/mol. The molecule has 0 aliphatic heterocycles. The summed E-state index contributed by atoms with van der Waals surface area (Å²) < 4.78 is 10.4. The fourth-order valence-corrected chi connectivity index (χ4v) is 2.34. The molecule has 1 amide bonds. The van der Waals surface area contributed by atoms with Crippen molar-refractivity contribution in [1.82, 2.24) is 10.1 Å². The first-order valence-corrected chi connectivity index (χ1v) is 8.41. The van der Waals surface area contributed by atoms with Gasteiger partial charge in [-0.1, -0.05) is 56.3 Å². The Morgan fingerprint density at radius 1 is 1.28 bits per heavy atom. The second-order valence-electron chi connectivity index (χ2n) is 7.06. The number of methoxy groups -OCH3 is 1. The summed E-state index contributed by atoms with van der Waals surface area (Å²) in [7, 11) is 1.66. The molecule has 0 bridgehead atoms. The molecular weight excluding hydrogens is 318 g/mol. The molecule has 2 aromatic rings. The highest BCUT2D eigenvalue weighted by Gasteiger charge is 2.20. The Hall–Kier alpha value is -2.18. The van der Waals surface area contributed by atoms with E-state index in [2.05, 4.69) is 10.5 Å². The van der Waals surface area contributed by atoms with Crippen LogP contribution in [0.5, 0.6) is 0 Å². The molecule has 1 heterocycles. The third-order valence-corrected chi connectivity index (χ3v) is 3.77. The third-order valence-electron chi connectivity index (χ3n) is 3.77. The molecule has 2 rings (SSSR count). The maximum absolute atomic E-state index is 12.4. The SMILES string of the molecule is COCCN(CC(=O)Nc1cc(C(C)(C)C)no1)Cc1ccccc1. The smallest absolute Gasteiger partial charge is 0.240 e. The van der Waals surface area contributed by atoms with Gasteiger partial charge in [-0.3, -0.25) is 15.0 Å². The third kappa shape index (κ3) is 6.32. The first-order chi connectivity index (χ1) is 11.9. The van der Waals surface area contributed by atoms with E-state index >= 15 is 0 Å². The summed E-state index contributed by atoms with van der Waals surface area (Å²) in [6.07, 6.45) is 0. The molecule has 136 valence electrons. The molecule has 1 N–H and O–H groups in total. The Labute approximate surface area is 149 Å². The molecule has 6 heteroatoms. The van der Waals surface area contributed by atoms with Gasteiger partial charge in [-0.2, -0.15) is 0 Å². The molecule has 0 aliphatic carbocycles.